The minimum absolute atomic E-state index is 0. The van der Waals surface area contributed by atoms with Crippen LogP contribution < -0.4 is 40.2 Å². The summed E-state index contributed by atoms with van der Waals surface area (Å²) in [6, 6.07) is 55.4. The van der Waals surface area contributed by atoms with Crippen molar-refractivity contribution in [2.45, 2.75) is 19.5 Å². The summed E-state index contributed by atoms with van der Waals surface area (Å²) in [6.45, 7) is 1.59. The SMILES string of the molecule is [Cl-].[Cl-].[Zr+2][C]1=c2c(cc(=C(c3ccccc3)c3ccccc3)c(N(Cc3ccccc3)Cc3ccccc3)c2C2=CC=CC2)-c2ccccc21. The Kier molecular flexibility index (Phi) is 11.0. The number of rotatable bonds is 8. The van der Waals surface area contributed by atoms with Crippen molar-refractivity contribution in [3.8, 4) is 11.1 Å². The molecule has 0 aromatic heterocycles. The molecule has 49 heavy (non-hydrogen) atoms. The van der Waals surface area contributed by atoms with E-state index >= 15 is 0 Å². The van der Waals surface area contributed by atoms with Crippen LogP contribution in [-0.4, -0.2) is 0 Å². The fourth-order valence-corrected chi connectivity index (χ4v) is 8.36. The summed E-state index contributed by atoms with van der Waals surface area (Å²) in [5.41, 5.74) is 14.4. The van der Waals surface area contributed by atoms with Gasteiger partial charge in [0, 0.05) is 0 Å². The first-order chi connectivity index (χ1) is 23.3. The number of benzene rings is 6. The first kappa shape index (κ1) is 34.7. The molecule has 0 aliphatic heterocycles. The third-order valence-corrected chi connectivity index (χ3v) is 10.5. The third kappa shape index (κ3) is 6.84. The number of hydrogen-bond acceptors (Lipinski definition) is 1. The molecule has 0 N–H and O–H groups in total. The molecule has 237 valence electrons. The maximum atomic E-state index is 2.65. The van der Waals surface area contributed by atoms with Crippen LogP contribution in [0.3, 0.4) is 0 Å². The molecule has 6 aromatic carbocycles. The van der Waals surface area contributed by atoms with Crippen LogP contribution in [0.5, 0.6) is 0 Å². The van der Waals surface area contributed by atoms with Crippen LogP contribution in [0.4, 0.5) is 5.69 Å². The zero-order valence-corrected chi connectivity index (χ0v) is 31.0. The number of nitrogens with zero attached hydrogens (tertiary/aromatic N) is 1. The van der Waals surface area contributed by atoms with E-state index in [-0.39, 0.29) is 24.8 Å². The van der Waals surface area contributed by atoms with Gasteiger partial charge in [0.1, 0.15) is 0 Å². The fraction of sp³-hybridized carbons (Fsp3) is 0.0667. The van der Waals surface area contributed by atoms with Crippen molar-refractivity contribution in [3.63, 3.8) is 0 Å². The van der Waals surface area contributed by atoms with E-state index in [1.54, 1.807) is 0 Å². The predicted octanol–water partition coefficient (Wildman–Crippen LogP) is 3.18. The average Bonchev–Trinajstić information content (AvgIpc) is 3.77. The van der Waals surface area contributed by atoms with Crippen molar-refractivity contribution in [2.75, 3.05) is 4.90 Å². The van der Waals surface area contributed by atoms with Gasteiger partial charge >= 0.3 is 294 Å². The second-order valence-electron chi connectivity index (χ2n) is 12.2. The zero-order valence-electron chi connectivity index (χ0n) is 27.0. The summed E-state index contributed by atoms with van der Waals surface area (Å²) in [5, 5.41) is 2.68. The van der Waals surface area contributed by atoms with E-state index < -0.39 is 0 Å². The summed E-state index contributed by atoms with van der Waals surface area (Å²) >= 11 is 1.44. The van der Waals surface area contributed by atoms with Gasteiger partial charge in [0.25, 0.3) is 0 Å². The van der Waals surface area contributed by atoms with Crippen molar-refractivity contribution in [1.82, 2.24) is 0 Å². The number of hydrogen-bond donors (Lipinski definition) is 0. The Balaban J connectivity index is 0.00000208. The summed E-state index contributed by atoms with van der Waals surface area (Å²) in [5.74, 6) is 0. The van der Waals surface area contributed by atoms with E-state index in [1.165, 1.54) is 99.8 Å². The Morgan fingerprint density at radius 3 is 1.57 bits per heavy atom. The van der Waals surface area contributed by atoms with Gasteiger partial charge in [-0.1, -0.05) is 0 Å². The van der Waals surface area contributed by atoms with Gasteiger partial charge in [-0.25, -0.2) is 0 Å². The number of allylic oxidation sites excluding steroid dienone is 4. The molecular formula is C45H34Cl2NZr. The number of anilines is 1. The molecule has 8 rings (SSSR count). The summed E-state index contributed by atoms with van der Waals surface area (Å²) in [4.78, 5) is 2.65. The van der Waals surface area contributed by atoms with Gasteiger partial charge in [-0.3, -0.25) is 0 Å². The Bertz CT molecular complexity index is 2180. The topological polar surface area (TPSA) is 3.24 Å². The quantitative estimate of drug-likeness (QED) is 0.231. The molecule has 4 heteroatoms. The van der Waals surface area contributed by atoms with Crippen LogP contribution in [0.1, 0.15) is 39.8 Å². The molecule has 2 aliphatic carbocycles. The standard InChI is InChI=1S/C45H34N.2ClH.Zr/c1-5-17-33(18-6-1)31-46(32-34-19-7-2-8-20-34)45-42(43(35-21-9-3-10-22-35)36-23-11-4-12-24-36)30-40-39-28-16-15-27-38(39)29-41(40)44(45)37-25-13-14-26-37;;;/h1-25,27-28,30H,26,31-32H2;2*1H;/q;;;+2/p-2. The molecule has 6 aromatic rings. The second kappa shape index (κ2) is 15.6. The van der Waals surface area contributed by atoms with Gasteiger partial charge in [0.15, 0.2) is 0 Å². The van der Waals surface area contributed by atoms with E-state index in [9.17, 15) is 0 Å². The molecule has 0 atom stereocenters. The van der Waals surface area contributed by atoms with Crippen molar-refractivity contribution < 1.29 is 49.5 Å². The van der Waals surface area contributed by atoms with Crippen LogP contribution in [0, 0.1) is 0 Å². The summed E-state index contributed by atoms with van der Waals surface area (Å²) < 4.78 is 1.44. The maximum absolute atomic E-state index is 2.65. The number of fused-ring (bicyclic) bond motifs is 3. The van der Waals surface area contributed by atoms with E-state index in [0.29, 0.717) is 0 Å². The Morgan fingerprint density at radius 2 is 1.06 bits per heavy atom. The van der Waals surface area contributed by atoms with Crippen LogP contribution >= 0.6 is 0 Å². The molecule has 2 aliphatic rings. The normalized spacial score (nSPS) is 12.4. The summed E-state index contributed by atoms with van der Waals surface area (Å²) in [6.07, 6.45) is 7.82. The van der Waals surface area contributed by atoms with Gasteiger partial charge in [-0.2, -0.15) is 0 Å². The van der Waals surface area contributed by atoms with Crippen molar-refractivity contribution in [1.29, 1.82) is 0 Å². The third-order valence-electron chi connectivity index (χ3n) is 9.27. The van der Waals surface area contributed by atoms with Crippen LogP contribution in [0.15, 0.2) is 170 Å². The first-order valence-electron chi connectivity index (χ1n) is 16.3. The zero-order chi connectivity index (χ0) is 31.6. The van der Waals surface area contributed by atoms with E-state index in [0.717, 1.165) is 19.5 Å². The predicted molar refractivity (Wildman–Crippen MR) is 193 cm³/mol. The second-order valence-corrected chi connectivity index (χ2v) is 13.5. The molecule has 0 fully saturated rings. The minimum atomic E-state index is 0. The van der Waals surface area contributed by atoms with Crippen LogP contribution in [-0.2, 0) is 37.8 Å². The molecule has 0 radical (unpaired) electrons. The van der Waals surface area contributed by atoms with Gasteiger partial charge in [-0.15, -0.1) is 0 Å². The Hall–Kier alpha value is -4.20. The molecule has 0 heterocycles. The molecular weight excluding hydrogens is 717 g/mol. The molecule has 0 unspecified atom stereocenters. The monoisotopic (exact) mass is 748 g/mol. The van der Waals surface area contributed by atoms with E-state index in [4.69, 9.17) is 0 Å². The molecule has 1 nitrogen and oxygen atoms in total. The van der Waals surface area contributed by atoms with Crippen molar-refractivity contribution in [3.05, 3.63) is 214 Å². The van der Waals surface area contributed by atoms with Crippen LogP contribution in [0.25, 0.3) is 25.6 Å². The number of halogens is 2. The molecule has 0 saturated carbocycles. The van der Waals surface area contributed by atoms with E-state index in [2.05, 4.69) is 175 Å². The molecule has 0 spiro atoms. The van der Waals surface area contributed by atoms with Gasteiger partial charge in [0.2, 0.25) is 0 Å². The fourth-order valence-electron chi connectivity index (χ4n) is 7.19. The average molecular weight is 751 g/mol. The first-order valence-corrected chi connectivity index (χ1v) is 17.6. The van der Waals surface area contributed by atoms with Crippen molar-refractivity contribution in [2.24, 2.45) is 0 Å². The molecule has 0 saturated heterocycles. The molecule has 0 bridgehead atoms. The Labute approximate surface area is 316 Å². The van der Waals surface area contributed by atoms with Crippen molar-refractivity contribution >= 4 is 20.1 Å². The Morgan fingerprint density at radius 1 is 0.571 bits per heavy atom. The van der Waals surface area contributed by atoms with Gasteiger partial charge in [-0.05, 0) is 0 Å². The van der Waals surface area contributed by atoms with Gasteiger partial charge < -0.3 is 24.8 Å². The van der Waals surface area contributed by atoms with Crippen LogP contribution in [0.2, 0.25) is 0 Å². The molecule has 0 amide bonds. The van der Waals surface area contributed by atoms with E-state index in [1.807, 2.05) is 0 Å². The summed E-state index contributed by atoms with van der Waals surface area (Å²) in [7, 11) is 0. The van der Waals surface area contributed by atoms with Gasteiger partial charge in [0.05, 0.1) is 0 Å².